The number of sulfonamides is 1. The summed E-state index contributed by atoms with van der Waals surface area (Å²) in [6, 6.07) is 12.6. The van der Waals surface area contributed by atoms with Gasteiger partial charge in [0.1, 0.15) is 0 Å². The molecule has 0 aliphatic carbocycles. The highest BCUT2D eigenvalue weighted by Gasteiger charge is 2.49. The van der Waals surface area contributed by atoms with Crippen molar-refractivity contribution in [3.63, 3.8) is 0 Å². The van der Waals surface area contributed by atoms with Crippen LogP contribution in [0, 0.1) is 5.92 Å². The predicted molar refractivity (Wildman–Crippen MR) is 132 cm³/mol. The topological polar surface area (TPSA) is 108 Å². The number of aliphatic hydroxyl groups is 1. The zero-order valence-corrected chi connectivity index (χ0v) is 20.7. The predicted octanol–water partition coefficient (Wildman–Crippen LogP) is 2.33. The lowest BCUT2D eigenvalue weighted by Crippen LogP contribution is -2.42. The average Bonchev–Trinajstić information content (AvgIpc) is 3.50. The second kappa shape index (κ2) is 8.78. The van der Waals surface area contributed by atoms with Crippen molar-refractivity contribution < 1.29 is 18.3 Å². The molecule has 2 aromatic carbocycles. The fourth-order valence-electron chi connectivity index (χ4n) is 5.20. The molecule has 2 N–H and O–H groups in total. The lowest BCUT2D eigenvalue weighted by molar-refractivity contribution is 0.0827. The molecule has 1 saturated heterocycles. The van der Waals surface area contributed by atoms with Gasteiger partial charge in [-0.05, 0) is 47.4 Å². The second-order valence-electron chi connectivity index (χ2n) is 9.41. The SMILES string of the molecule is CN(C)C(=O)c1cccc(-c2ccc3c(c2)[C@@H]2[C@@H](CCN2S(=O)(=O)c2cn(C)cn2)[C@H](CO)N3)c1. The Morgan fingerprint density at radius 1 is 1.20 bits per heavy atom. The second-order valence-corrected chi connectivity index (χ2v) is 11.2. The van der Waals surface area contributed by atoms with Crippen LogP contribution in [0.25, 0.3) is 11.1 Å². The van der Waals surface area contributed by atoms with Gasteiger partial charge < -0.3 is 19.9 Å². The normalized spacial score (nSPS) is 21.8. The van der Waals surface area contributed by atoms with E-state index in [1.54, 1.807) is 31.8 Å². The third-order valence-corrected chi connectivity index (χ3v) is 8.69. The molecule has 3 aromatic rings. The molecule has 5 rings (SSSR count). The van der Waals surface area contributed by atoms with Crippen molar-refractivity contribution in [2.45, 2.75) is 23.5 Å². The first-order valence-corrected chi connectivity index (χ1v) is 13.0. The van der Waals surface area contributed by atoms with Gasteiger partial charge in [0.25, 0.3) is 15.9 Å². The van der Waals surface area contributed by atoms with E-state index in [4.69, 9.17) is 0 Å². The lowest BCUT2D eigenvalue weighted by Gasteiger charge is -2.38. The highest BCUT2D eigenvalue weighted by Crippen LogP contribution is 2.49. The van der Waals surface area contributed by atoms with Gasteiger partial charge in [-0.25, -0.2) is 13.4 Å². The van der Waals surface area contributed by atoms with Crippen LogP contribution in [0.5, 0.6) is 0 Å². The van der Waals surface area contributed by atoms with E-state index in [9.17, 15) is 18.3 Å². The number of carbonyl (C=O) groups is 1. The Morgan fingerprint density at radius 2 is 1.97 bits per heavy atom. The number of anilines is 1. The minimum absolute atomic E-state index is 0.0207. The van der Waals surface area contributed by atoms with E-state index >= 15 is 0 Å². The number of nitrogens with one attached hydrogen (secondary N) is 1. The summed E-state index contributed by atoms with van der Waals surface area (Å²) < 4.78 is 30.3. The number of hydrogen-bond acceptors (Lipinski definition) is 6. The van der Waals surface area contributed by atoms with Gasteiger partial charge in [0.2, 0.25) is 0 Å². The molecular formula is C25H29N5O4S. The van der Waals surface area contributed by atoms with Crippen molar-refractivity contribution in [3.8, 4) is 11.1 Å². The molecule has 0 spiro atoms. The standard InChI is InChI=1S/C25H29N5O4S/c1-28(2)25(32)18-6-4-5-16(11-18)17-7-8-21-20(12-17)24-19(22(14-31)27-21)9-10-30(24)35(33,34)23-13-29(3)15-26-23/h4-8,11-13,15,19,22,24,27,31H,9-10,14H2,1-3H3/t19-,22-,24-/m0/s1. The maximum atomic E-state index is 13.6. The van der Waals surface area contributed by atoms with Crippen LogP contribution in [-0.2, 0) is 17.1 Å². The molecular weight excluding hydrogens is 466 g/mol. The third-order valence-electron chi connectivity index (χ3n) is 6.93. The first kappa shape index (κ1) is 23.5. The number of aryl methyl sites for hydroxylation is 1. The Morgan fingerprint density at radius 3 is 2.66 bits per heavy atom. The summed E-state index contributed by atoms with van der Waals surface area (Å²) in [5.74, 6) is -0.163. The number of amides is 1. The number of nitrogens with zero attached hydrogens (tertiary/aromatic N) is 4. The van der Waals surface area contributed by atoms with Gasteiger partial charge >= 0.3 is 0 Å². The van der Waals surface area contributed by atoms with Gasteiger partial charge in [0.05, 0.1) is 25.0 Å². The number of benzene rings is 2. The molecule has 0 bridgehead atoms. The first-order valence-electron chi connectivity index (χ1n) is 11.5. The molecule has 184 valence electrons. The van der Waals surface area contributed by atoms with Crippen LogP contribution >= 0.6 is 0 Å². The number of imidazole rings is 1. The molecule has 1 amide bonds. The van der Waals surface area contributed by atoms with Crippen molar-refractivity contribution in [1.82, 2.24) is 18.8 Å². The van der Waals surface area contributed by atoms with Crippen LogP contribution in [0.2, 0.25) is 0 Å². The van der Waals surface area contributed by atoms with Gasteiger partial charge in [0, 0.05) is 51.1 Å². The molecule has 0 saturated carbocycles. The molecule has 2 aliphatic rings. The quantitative estimate of drug-likeness (QED) is 0.563. The van der Waals surface area contributed by atoms with Crippen molar-refractivity contribution in [2.24, 2.45) is 13.0 Å². The fourth-order valence-corrected chi connectivity index (χ4v) is 6.84. The van der Waals surface area contributed by atoms with E-state index in [1.807, 2.05) is 36.4 Å². The molecule has 3 heterocycles. The summed E-state index contributed by atoms with van der Waals surface area (Å²) in [6.45, 7) is 0.261. The van der Waals surface area contributed by atoms with Gasteiger partial charge in [-0.2, -0.15) is 4.31 Å². The Labute approximate surface area is 205 Å². The van der Waals surface area contributed by atoms with E-state index in [0.29, 0.717) is 18.5 Å². The summed E-state index contributed by atoms with van der Waals surface area (Å²) in [7, 11) is 1.34. The molecule has 9 nitrogen and oxygen atoms in total. The minimum Gasteiger partial charge on any atom is -0.394 e. The zero-order chi connectivity index (χ0) is 24.9. The molecule has 3 atom stereocenters. The summed E-state index contributed by atoms with van der Waals surface area (Å²) in [5, 5.41) is 13.5. The van der Waals surface area contributed by atoms with Gasteiger partial charge in [0.15, 0.2) is 5.03 Å². The molecule has 1 aromatic heterocycles. The summed E-state index contributed by atoms with van der Waals surface area (Å²) in [4.78, 5) is 18.1. The Bertz CT molecular complexity index is 1380. The van der Waals surface area contributed by atoms with E-state index in [2.05, 4.69) is 10.3 Å². The molecule has 1 fully saturated rings. The van der Waals surface area contributed by atoms with Crippen LogP contribution < -0.4 is 5.32 Å². The molecule has 2 aliphatic heterocycles. The largest absolute Gasteiger partial charge is 0.394 e. The number of carbonyl (C=O) groups excluding carboxylic acids is 1. The van der Waals surface area contributed by atoms with Crippen molar-refractivity contribution in [2.75, 3.05) is 32.6 Å². The molecule has 35 heavy (non-hydrogen) atoms. The number of aromatic nitrogens is 2. The highest BCUT2D eigenvalue weighted by molar-refractivity contribution is 7.89. The van der Waals surface area contributed by atoms with Crippen LogP contribution in [0.4, 0.5) is 5.69 Å². The molecule has 0 radical (unpaired) electrons. The average molecular weight is 496 g/mol. The fraction of sp³-hybridized carbons (Fsp3) is 0.360. The summed E-state index contributed by atoms with van der Waals surface area (Å²) in [6.07, 6.45) is 3.62. The highest BCUT2D eigenvalue weighted by atomic mass is 32.2. The van der Waals surface area contributed by atoms with Crippen molar-refractivity contribution >= 4 is 21.6 Å². The van der Waals surface area contributed by atoms with Crippen LogP contribution in [0.1, 0.15) is 28.4 Å². The Kier molecular flexibility index (Phi) is 5.90. The Hall–Kier alpha value is -3.21. The van der Waals surface area contributed by atoms with Gasteiger partial charge in [-0.15, -0.1) is 0 Å². The van der Waals surface area contributed by atoms with Crippen LogP contribution in [-0.4, -0.2) is 71.5 Å². The third kappa shape index (κ3) is 4.01. The minimum atomic E-state index is -3.83. The summed E-state index contributed by atoms with van der Waals surface area (Å²) in [5.41, 5.74) is 4.01. The van der Waals surface area contributed by atoms with Crippen molar-refractivity contribution in [1.29, 1.82) is 0 Å². The monoisotopic (exact) mass is 495 g/mol. The lowest BCUT2D eigenvalue weighted by atomic mass is 9.82. The smallest absolute Gasteiger partial charge is 0.262 e. The summed E-state index contributed by atoms with van der Waals surface area (Å²) >= 11 is 0. The number of fused-ring (bicyclic) bond motifs is 3. The van der Waals surface area contributed by atoms with E-state index in [1.165, 1.54) is 21.7 Å². The van der Waals surface area contributed by atoms with Crippen LogP contribution in [0.15, 0.2) is 60.0 Å². The van der Waals surface area contributed by atoms with Gasteiger partial charge in [-0.3, -0.25) is 4.79 Å². The molecule has 0 unspecified atom stereocenters. The Balaban J connectivity index is 1.59. The maximum Gasteiger partial charge on any atom is 0.262 e. The van der Waals surface area contributed by atoms with E-state index < -0.39 is 16.1 Å². The van der Waals surface area contributed by atoms with E-state index in [-0.39, 0.29) is 29.5 Å². The zero-order valence-electron chi connectivity index (χ0n) is 19.9. The molecule has 10 heteroatoms. The number of hydrogen-bond donors (Lipinski definition) is 2. The van der Waals surface area contributed by atoms with Crippen molar-refractivity contribution in [3.05, 3.63) is 66.1 Å². The maximum absolute atomic E-state index is 13.6. The first-order chi connectivity index (χ1) is 16.7. The number of rotatable bonds is 5. The number of aliphatic hydroxyl groups excluding tert-OH is 1. The van der Waals surface area contributed by atoms with Gasteiger partial charge in [-0.1, -0.05) is 18.2 Å². The van der Waals surface area contributed by atoms with Crippen LogP contribution in [0.3, 0.4) is 0 Å². The van der Waals surface area contributed by atoms with E-state index in [0.717, 1.165) is 22.4 Å².